The van der Waals surface area contributed by atoms with E-state index in [1.165, 1.54) is 11.0 Å². The number of nitrogens with zero attached hydrogens (tertiary/aromatic N) is 1. The number of carbonyl (C=O) groups is 1. The van der Waals surface area contributed by atoms with Crippen LogP contribution in [0.4, 0.5) is 8.78 Å². The molecule has 1 aliphatic heterocycles. The minimum Gasteiger partial charge on any atom is -0.341 e. The maximum absolute atomic E-state index is 13.5. The molecule has 0 aliphatic carbocycles. The maximum atomic E-state index is 13.5. The highest BCUT2D eigenvalue weighted by molar-refractivity contribution is 7.92. The quantitative estimate of drug-likeness (QED) is 0.831. The molecule has 0 bridgehead atoms. The zero-order valence-corrected chi connectivity index (χ0v) is 12.5. The normalized spacial score (nSPS) is 21.9. The minimum absolute atomic E-state index is 0.0710. The molecule has 1 fully saturated rings. The van der Waals surface area contributed by atoms with Gasteiger partial charge in [-0.05, 0) is 25.5 Å². The zero-order valence-electron chi connectivity index (χ0n) is 11.7. The molecule has 21 heavy (non-hydrogen) atoms. The van der Waals surface area contributed by atoms with E-state index >= 15 is 0 Å². The molecule has 4 nitrogen and oxygen atoms in total. The van der Waals surface area contributed by atoms with Gasteiger partial charge in [-0.1, -0.05) is 6.07 Å². The van der Waals surface area contributed by atoms with Crippen molar-refractivity contribution >= 4 is 15.7 Å². The molecule has 1 amide bonds. The highest BCUT2D eigenvalue weighted by atomic mass is 32.2. The molecule has 1 atom stereocenters. The molecule has 1 aromatic carbocycles. The molecular formula is C14H17F2NO3S. The summed E-state index contributed by atoms with van der Waals surface area (Å²) in [7, 11) is -3.20. The summed E-state index contributed by atoms with van der Waals surface area (Å²) in [5.41, 5.74) is -0.275. The van der Waals surface area contributed by atoms with E-state index in [1.807, 2.05) is 0 Å². The lowest BCUT2D eigenvalue weighted by Crippen LogP contribution is -2.35. The summed E-state index contributed by atoms with van der Waals surface area (Å²) in [6, 6.07) is 3.43. The highest BCUT2D eigenvalue weighted by Crippen LogP contribution is 2.17. The van der Waals surface area contributed by atoms with Crippen LogP contribution >= 0.6 is 0 Å². The Labute approximate surface area is 122 Å². The van der Waals surface area contributed by atoms with Crippen LogP contribution in [0.25, 0.3) is 0 Å². The number of rotatable bonds is 2. The van der Waals surface area contributed by atoms with Gasteiger partial charge in [0.2, 0.25) is 5.91 Å². The van der Waals surface area contributed by atoms with Crippen molar-refractivity contribution < 1.29 is 22.0 Å². The van der Waals surface area contributed by atoms with Gasteiger partial charge in [0.05, 0.1) is 17.4 Å². The Morgan fingerprint density at radius 2 is 1.90 bits per heavy atom. The molecule has 0 unspecified atom stereocenters. The Morgan fingerprint density at radius 3 is 2.52 bits per heavy atom. The summed E-state index contributed by atoms with van der Waals surface area (Å²) in [5, 5.41) is -0.500. The molecule has 1 heterocycles. The third-order valence-corrected chi connectivity index (χ3v) is 6.02. The van der Waals surface area contributed by atoms with Crippen LogP contribution in [-0.2, 0) is 21.1 Å². The Bertz CT molecular complexity index is 625. The van der Waals surface area contributed by atoms with Crippen LogP contribution in [0.2, 0.25) is 0 Å². The molecule has 0 N–H and O–H groups in total. The second-order valence-electron chi connectivity index (χ2n) is 5.22. The fraction of sp³-hybridized carbons (Fsp3) is 0.500. The van der Waals surface area contributed by atoms with E-state index in [1.54, 1.807) is 6.92 Å². The fourth-order valence-corrected chi connectivity index (χ4v) is 3.62. The number of benzene rings is 1. The van der Waals surface area contributed by atoms with Crippen molar-refractivity contribution in [3.8, 4) is 0 Å². The van der Waals surface area contributed by atoms with Crippen molar-refractivity contribution in [2.24, 2.45) is 0 Å². The maximum Gasteiger partial charge on any atom is 0.227 e. The molecule has 1 aromatic rings. The van der Waals surface area contributed by atoms with Crippen molar-refractivity contribution in [3.05, 3.63) is 35.4 Å². The minimum atomic E-state index is -3.20. The predicted molar refractivity (Wildman–Crippen MR) is 74.5 cm³/mol. The fourth-order valence-electron chi connectivity index (χ4n) is 2.28. The Balaban J connectivity index is 2.11. The first-order chi connectivity index (χ1) is 9.81. The first-order valence-electron chi connectivity index (χ1n) is 6.73. The van der Waals surface area contributed by atoms with Gasteiger partial charge in [0.25, 0.3) is 0 Å². The summed E-state index contributed by atoms with van der Waals surface area (Å²) >= 11 is 0. The van der Waals surface area contributed by atoms with Gasteiger partial charge in [0, 0.05) is 18.7 Å². The van der Waals surface area contributed by atoms with Gasteiger partial charge in [0.15, 0.2) is 9.84 Å². The lowest BCUT2D eigenvalue weighted by Gasteiger charge is -2.20. The van der Waals surface area contributed by atoms with Gasteiger partial charge in [-0.3, -0.25) is 4.79 Å². The largest absolute Gasteiger partial charge is 0.341 e. The molecule has 0 aromatic heterocycles. The lowest BCUT2D eigenvalue weighted by atomic mass is 10.1. The monoisotopic (exact) mass is 317 g/mol. The standard InChI is InChI=1S/C14H17F2NO3S/c1-10-5-6-17(7-8-21(10,19)20)14(18)9-11-12(15)3-2-4-13(11)16/h2-4,10H,5-9H2,1H3/t10-/m0/s1. The van der Waals surface area contributed by atoms with E-state index in [0.717, 1.165) is 12.1 Å². The third kappa shape index (κ3) is 3.58. The van der Waals surface area contributed by atoms with E-state index in [-0.39, 0.29) is 24.4 Å². The molecular weight excluding hydrogens is 300 g/mol. The average molecular weight is 317 g/mol. The summed E-state index contributed by atoms with van der Waals surface area (Å²) < 4.78 is 50.6. The van der Waals surface area contributed by atoms with E-state index < -0.39 is 39.0 Å². The average Bonchev–Trinajstić information content (AvgIpc) is 2.54. The Morgan fingerprint density at radius 1 is 1.29 bits per heavy atom. The highest BCUT2D eigenvalue weighted by Gasteiger charge is 2.28. The molecule has 0 saturated carbocycles. The van der Waals surface area contributed by atoms with Crippen molar-refractivity contribution in [3.63, 3.8) is 0 Å². The van der Waals surface area contributed by atoms with Crippen LogP contribution in [0.15, 0.2) is 18.2 Å². The van der Waals surface area contributed by atoms with Gasteiger partial charge in [0.1, 0.15) is 11.6 Å². The van der Waals surface area contributed by atoms with E-state index in [9.17, 15) is 22.0 Å². The zero-order chi connectivity index (χ0) is 15.6. The van der Waals surface area contributed by atoms with Crippen LogP contribution in [0.5, 0.6) is 0 Å². The number of carbonyl (C=O) groups excluding carboxylic acids is 1. The Hall–Kier alpha value is -1.50. The lowest BCUT2D eigenvalue weighted by molar-refractivity contribution is -0.130. The summed E-state index contributed by atoms with van der Waals surface area (Å²) in [4.78, 5) is 13.5. The number of halogens is 2. The SMILES string of the molecule is C[C@H]1CCN(C(=O)Cc2c(F)cccc2F)CCS1(=O)=O. The smallest absolute Gasteiger partial charge is 0.227 e. The van der Waals surface area contributed by atoms with Crippen molar-refractivity contribution in [2.75, 3.05) is 18.8 Å². The van der Waals surface area contributed by atoms with Crippen molar-refractivity contribution in [2.45, 2.75) is 25.0 Å². The molecule has 7 heteroatoms. The van der Waals surface area contributed by atoms with Crippen molar-refractivity contribution in [1.82, 2.24) is 4.90 Å². The number of hydrogen-bond donors (Lipinski definition) is 0. The second kappa shape index (κ2) is 6.09. The number of amides is 1. The molecule has 0 radical (unpaired) electrons. The summed E-state index contributed by atoms with van der Waals surface area (Å²) in [5.74, 6) is -2.10. The molecule has 1 aliphatic rings. The molecule has 2 rings (SSSR count). The van der Waals surface area contributed by atoms with Gasteiger partial charge in [-0.15, -0.1) is 0 Å². The summed E-state index contributed by atoms with van der Waals surface area (Å²) in [6.07, 6.45) is -0.0548. The number of hydrogen-bond acceptors (Lipinski definition) is 3. The summed E-state index contributed by atoms with van der Waals surface area (Å²) in [6.45, 7) is 1.97. The van der Waals surface area contributed by atoms with Gasteiger partial charge >= 0.3 is 0 Å². The van der Waals surface area contributed by atoms with Crippen LogP contribution in [0.3, 0.4) is 0 Å². The van der Waals surface area contributed by atoms with E-state index in [2.05, 4.69) is 0 Å². The van der Waals surface area contributed by atoms with Gasteiger partial charge < -0.3 is 4.90 Å². The number of sulfone groups is 1. The molecule has 116 valence electrons. The molecule has 0 spiro atoms. The Kier molecular flexibility index (Phi) is 4.61. The van der Waals surface area contributed by atoms with Crippen LogP contribution in [-0.4, -0.2) is 43.3 Å². The van der Waals surface area contributed by atoms with E-state index in [4.69, 9.17) is 0 Å². The van der Waals surface area contributed by atoms with E-state index in [0.29, 0.717) is 6.42 Å². The van der Waals surface area contributed by atoms with Gasteiger partial charge in [-0.25, -0.2) is 17.2 Å². The topological polar surface area (TPSA) is 54.5 Å². The van der Waals surface area contributed by atoms with Crippen LogP contribution < -0.4 is 0 Å². The molecule has 1 saturated heterocycles. The second-order valence-corrected chi connectivity index (χ2v) is 7.76. The van der Waals surface area contributed by atoms with Crippen molar-refractivity contribution in [1.29, 1.82) is 0 Å². The first-order valence-corrected chi connectivity index (χ1v) is 8.45. The predicted octanol–water partition coefficient (Wildman–Crippen LogP) is 1.54. The van der Waals surface area contributed by atoms with Gasteiger partial charge in [-0.2, -0.15) is 0 Å². The first kappa shape index (κ1) is 15.9. The van der Waals surface area contributed by atoms with Crippen LogP contribution in [0.1, 0.15) is 18.9 Å². The van der Waals surface area contributed by atoms with Crippen LogP contribution in [0, 0.1) is 11.6 Å². The third-order valence-electron chi connectivity index (χ3n) is 3.81.